The predicted molar refractivity (Wildman–Crippen MR) is 182 cm³/mol. The number of rotatable bonds is 6. The Balaban J connectivity index is 0.00000433. The lowest BCUT2D eigenvalue weighted by molar-refractivity contribution is -0.142. The van der Waals surface area contributed by atoms with E-state index in [2.05, 4.69) is 49.6 Å². The van der Waals surface area contributed by atoms with Crippen molar-refractivity contribution in [2.75, 3.05) is 51.1 Å². The van der Waals surface area contributed by atoms with Crippen molar-refractivity contribution in [2.24, 2.45) is 11.8 Å². The Morgan fingerprint density at radius 3 is 2.20 bits per heavy atom. The van der Waals surface area contributed by atoms with E-state index in [1.165, 1.54) is 29.5 Å². The number of hydrogen-bond acceptors (Lipinski definition) is 5. The van der Waals surface area contributed by atoms with Gasteiger partial charge in [-0.3, -0.25) is 4.79 Å². The van der Waals surface area contributed by atoms with Crippen LogP contribution in [0.2, 0.25) is 0 Å². The zero-order valence-corrected chi connectivity index (χ0v) is 27.9. The number of fused-ring (bicyclic) bond motifs is 1. The van der Waals surface area contributed by atoms with Gasteiger partial charge in [-0.15, -0.1) is 0 Å². The van der Waals surface area contributed by atoms with Crippen LogP contribution in [-0.4, -0.2) is 90.7 Å². The number of benzene rings is 2. The minimum absolute atomic E-state index is 0. The Hall–Kier alpha value is -3.59. The third-order valence-corrected chi connectivity index (χ3v) is 11.1. The van der Waals surface area contributed by atoms with Crippen LogP contribution >= 0.6 is 0 Å². The second-order valence-corrected chi connectivity index (χ2v) is 13.9. The van der Waals surface area contributed by atoms with Crippen molar-refractivity contribution in [3.05, 3.63) is 64.2 Å². The molecule has 3 saturated heterocycles. The van der Waals surface area contributed by atoms with Crippen LogP contribution in [0.1, 0.15) is 67.8 Å². The number of urea groups is 1. The van der Waals surface area contributed by atoms with E-state index < -0.39 is 12.2 Å². The third-order valence-electron chi connectivity index (χ3n) is 11.1. The number of piperidine rings is 3. The van der Waals surface area contributed by atoms with Crippen LogP contribution in [0.15, 0.2) is 36.4 Å². The molecule has 0 saturated carbocycles. The highest BCUT2D eigenvalue weighted by Crippen LogP contribution is 2.32. The van der Waals surface area contributed by atoms with E-state index in [0.29, 0.717) is 44.8 Å². The molecule has 9 nitrogen and oxygen atoms in total. The summed E-state index contributed by atoms with van der Waals surface area (Å²) in [4.78, 5) is 46.3. The minimum atomic E-state index is -0.864. The molecule has 9 heteroatoms. The second kappa shape index (κ2) is 14.4. The quantitative estimate of drug-likeness (QED) is 0.427. The minimum Gasteiger partial charge on any atom is -0.436 e. The number of likely N-dealkylation sites (tertiary alicyclic amines) is 2. The number of carbonyl (C=O) groups is 3. The van der Waals surface area contributed by atoms with E-state index in [0.717, 1.165) is 68.2 Å². The molecule has 1 atom stereocenters. The number of anilines is 1. The Morgan fingerprint density at radius 1 is 0.870 bits per heavy atom. The number of ether oxygens (including phenoxy) is 1. The summed E-state index contributed by atoms with van der Waals surface area (Å²) in [5, 5.41) is 6.53. The van der Waals surface area contributed by atoms with E-state index in [1.807, 2.05) is 28.0 Å². The van der Waals surface area contributed by atoms with E-state index >= 15 is 0 Å². The summed E-state index contributed by atoms with van der Waals surface area (Å²) in [6.45, 7) is 11.6. The molecular formula is C37H53N5O4. The van der Waals surface area contributed by atoms with Gasteiger partial charge in [-0.05, 0) is 125 Å². The first-order chi connectivity index (χ1) is 22.3. The zero-order valence-electron chi connectivity index (χ0n) is 27.9. The highest BCUT2D eigenvalue weighted by molar-refractivity contribution is 5.91. The first kappa shape index (κ1) is 32.4. The molecule has 4 aliphatic heterocycles. The summed E-state index contributed by atoms with van der Waals surface area (Å²) < 4.78 is 6.12. The summed E-state index contributed by atoms with van der Waals surface area (Å²) in [5.41, 5.74) is 6.64. The summed E-state index contributed by atoms with van der Waals surface area (Å²) >= 11 is 0. The first-order valence-corrected chi connectivity index (χ1v) is 17.4. The molecule has 4 amide bonds. The summed E-state index contributed by atoms with van der Waals surface area (Å²) in [5.74, 6) is 1.32. The fourth-order valence-corrected chi connectivity index (χ4v) is 8.04. The summed E-state index contributed by atoms with van der Waals surface area (Å²) in [7, 11) is 0. The van der Waals surface area contributed by atoms with Gasteiger partial charge in [0.1, 0.15) is 0 Å². The monoisotopic (exact) mass is 631 g/mol. The van der Waals surface area contributed by atoms with Crippen LogP contribution in [0, 0.1) is 32.6 Å². The number of hydrogen-bond donors (Lipinski definition) is 2. The van der Waals surface area contributed by atoms with Crippen LogP contribution in [-0.2, 0) is 22.4 Å². The fourth-order valence-electron chi connectivity index (χ4n) is 8.04. The van der Waals surface area contributed by atoms with Crippen molar-refractivity contribution in [1.29, 1.82) is 0 Å². The maximum atomic E-state index is 14.0. The number of amides is 4. The molecule has 0 aromatic heterocycles. The number of aryl methyl sites for hydroxylation is 2. The molecule has 2 N–H and O–H groups in total. The molecule has 46 heavy (non-hydrogen) atoms. The molecule has 0 bridgehead atoms. The standard InChI is InChI=1S/C37H51N5O4.H2/c1-25-22-28(23-26(2)27(25)3)24-34(35(43)40-17-10-30(11-18-40)29-8-15-38-16-9-29)46-37(45)41-19-13-32(14-20-41)42-21-12-31-6-4-5-7-33(31)39-36(42)44;/h4-7,22-23,29-30,32,34,38H,8-21,24H2,1-3H3,(H,39,44);1H/t34-;/m1./s1. The lowest BCUT2D eigenvalue weighted by Crippen LogP contribution is -2.52. The molecule has 0 aliphatic carbocycles. The molecule has 0 radical (unpaired) electrons. The largest absolute Gasteiger partial charge is 0.436 e. The average Bonchev–Trinajstić information content (AvgIpc) is 3.25. The van der Waals surface area contributed by atoms with Crippen LogP contribution in [0.4, 0.5) is 15.3 Å². The van der Waals surface area contributed by atoms with E-state index in [9.17, 15) is 14.4 Å². The maximum Gasteiger partial charge on any atom is 0.410 e. The molecule has 0 unspecified atom stereocenters. The highest BCUT2D eigenvalue weighted by Gasteiger charge is 2.36. The van der Waals surface area contributed by atoms with Gasteiger partial charge in [-0.2, -0.15) is 0 Å². The Bertz CT molecular complexity index is 1390. The van der Waals surface area contributed by atoms with Crippen molar-refractivity contribution < 1.29 is 20.5 Å². The maximum absolute atomic E-state index is 14.0. The highest BCUT2D eigenvalue weighted by atomic mass is 16.6. The van der Waals surface area contributed by atoms with Gasteiger partial charge in [-0.1, -0.05) is 30.3 Å². The van der Waals surface area contributed by atoms with Crippen LogP contribution < -0.4 is 10.6 Å². The van der Waals surface area contributed by atoms with Gasteiger partial charge in [0.05, 0.1) is 0 Å². The Labute approximate surface area is 275 Å². The second-order valence-electron chi connectivity index (χ2n) is 13.9. The first-order valence-electron chi connectivity index (χ1n) is 17.4. The van der Waals surface area contributed by atoms with Gasteiger partial charge in [0.15, 0.2) is 6.10 Å². The van der Waals surface area contributed by atoms with Crippen LogP contribution in [0.5, 0.6) is 0 Å². The average molecular weight is 632 g/mol. The molecule has 3 fully saturated rings. The van der Waals surface area contributed by atoms with Crippen molar-refractivity contribution in [2.45, 2.75) is 84.3 Å². The van der Waals surface area contributed by atoms with Crippen molar-refractivity contribution in [3.63, 3.8) is 0 Å². The topological polar surface area (TPSA) is 94.2 Å². The van der Waals surface area contributed by atoms with Crippen LogP contribution in [0.25, 0.3) is 0 Å². The van der Waals surface area contributed by atoms with E-state index in [4.69, 9.17) is 4.74 Å². The number of nitrogens with zero attached hydrogens (tertiary/aromatic N) is 3. The van der Waals surface area contributed by atoms with Gasteiger partial charge in [0.2, 0.25) is 0 Å². The van der Waals surface area contributed by atoms with Crippen molar-refractivity contribution in [1.82, 2.24) is 20.0 Å². The molecule has 4 aliphatic rings. The SMILES string of the molecule is Cc1cc(C[C@@H](OC(=O)N2CCC(N3CCc4ccccc4NC3=O)CC2)C(=O)N2CCC(C3CCNCC3)CC2)cc(C)c1C.[HH]. The molecule has 4 heterocycles. The molecule has 0 spiro atoms. The zero-order chi connectivity index (χ0) is 32.2. The normalized spacial score (nSPS) is 20.9. The van der Waals surface area contributed by atoms with E-state index in [-0.39, 0.29) is 19.4 Å². The predicted octanol–water partition coefficient (Wildman–Crippen LogP) is 5.70. The lowest BCUT2D eigenvalue weighted by Gasteiger charge is -2.39. The Kier molecular flexibility index (Phi) is 10.2. The molecule has 250 valence electrons. The molecular weight excluding hydrogens is 578 g/mol. The summed E-state index contributed by atoms with van der Waals surface area (Å²) in [6, 6.07) is 12.2. The van der Waals surface area contributed by atoms with Gasteiger partial charge in [0.25, 0.3) is 5.91 Å². The number of para-hydroxylation sites is 1. The number of nitrogens with one attached hydrogen (secondary N) is 2. The molecule has 6 rings (SSSR count). The number of carbonyl (C=O) groups excluding carboxylic acids is 3. The molecule has 2 aromatic carbocycles. The Morgan fingerprint density at radius 2 is 1.50 bits per heavy atom. The third kappa shape index (κ3) is 7.35. The van der Waals surface area contributed by atoms with Crippen LogP contribution in [0.3, 0.4) is 0 Å². The van der Waals surface area contributed by atoms with E-state index in [1.54, 1.807) is 4.90 Å². The lowest BCUT2D eigenvalue weighted by atomic mass is 9.79. The van der Waals surface area contributed by atoms with Gasteiger partial charge in [-0.25, -0.2) is 9.59 Å². The smallest absolute Gasteiger partial charge is 0.410 e. The summed E-state index contributed by atoms with van der Waals surface area (Å²) in [6.07, 6.45) is 5.70. The van der Waals surface area contributed by atoms with Crippen molar-refractivity contribution >= 4 is 23.7 Å². The van der Waals surface area contributed by atoms with Gasteiger partial charge < -0.3 is 30.1 Å². The van der Waals surface area contributed by atoms with Crippen molar-refractivity contribution in [3.8, 4) is 0 Å². The molecule has 2 aromatic rings. The fraction of sp³-hybridized carbons (Fsp3) is 0.595. The van der Waals surface area contributed by atoms with Gasteiger partial charge >= 0.3 is 12.1 Å². The van der Waals surface area contributed by atoms with Gasteiger partial charge in [0, 0.05) is 52.3 Å².